The summed E-state index contributed by atoms with van der Waals surface area (Å²) in [5.41, 5.74) is 0.852. The van der Waals surface area contributed by atoms with Crippen LogP contribution in [0.1, 0.15) is 30.7 Å². The first-order valence-corrected chi connectivity index (χ1v) is 8.15. The molecule has 2 aromatic heterocycles. The normalized spacial score (nSPS) is 23.0. The molecule has 1 aliphatic rings. The number of aromatic nitrogens is 2. The predicted octanol–water partition coefficient (Wildman–Crippen LogP) is 2.74. The molecule has 0 radical (unpaired) electrons. The molecule has 21 heavy (non-hydrogen) atoms. The first kappa shape index (κ1) is 14.3. The van der Waals surface area contributed by atoms with E-state index in [0.717, 1.165) is 12.0 Å². The molecule has 1 aliphatic carbocycles. The second-order valence-corrected chi connectivity index (χ2v) is 7.43. The number of amides is 1. The molecule has 0 aromatic carbocycles. The van der Waals surface area contributed by atoms with E-state index in [0.29, 0.717) is 13.1 Å². The summed E-state index contributed by atoms with van der Waals surface area (Å²) in [6.07, 6.45) is 4.74. The van der Waals surface area contributed by atoms with Crippen LogP contribution in [-0.2, 0) is 16.8 Å². The molecule has 1 unspecified atom stereocenters. The van der Waals surface area contributed by atoms with E-state index in [9.17, 15) is 4.79 Å². The number of carbonyl (C=O) groups is 1. The number of carbonyl (C=O) groups excluding carboxylic acids is 1. The smallest absolute Gasteiger partial charge is 0.232 e. The molecule has 112 valence electrons. The Morgan fingerprint density at radius 2 is 2.29 bits per heavy atom. The molecule has 1 amide bonds. The molecular formula is C16H21N3OS. The summed E-state index contributed by atoms with van der Waals surface area (Å²) in [7, 11) is 0. The highest BCUT2D eigenvalue weighted by Gasteiger charge is 2.67. The number of hydrogen-bond donors (Lipinski definition) is 1. The van der Waals surface area contributed by atoms with Gasteiger partial charge >= 0.3 is 0 Å². The highest BCUT2D eigenvalue weighted by molar-refractivity contribution is 7.10. The lowest BCUT2D eigenvalue weighted by Gasteiger charge is -2.19. The van der Waals surface area contributed by atoms with Crippen molar-refractivity contribution in [1.29, 1.82) is 0 Å². The van der Waals surface area contributed by atoms with Crippen LogP contribution in [0.4, 0.5) is 0 Å². The third-order valence-electron chi connectivity index (χ3n) is 4.46. The van der Waals surface area contributed by atoms with Crippen LogP contribution in [0.3, 0.4) is 0 Å². The first-order valence-electron chi connectivity index (χ1n) is 7.27. The average Bonchev–Trinajstić information content (AvgIpc) is 2.87. The summed E-state index contributed by atoms with van der Waals surface area (Å²) in [6, 6.07) is 4.10. The van der Waals surface area contributed by atoms with E-state index in [1.54, 1.807) is 11.3 Å². The molecule has 1 atom stereocenters. The van der Waals surface area contributed by atoms with Crippen molar-refractivity contribution >= 4 is 17.2 Å². The molecule has 2 aromatic rings. The fourth-order valence-corrected chi connectivity index (χ4v) is 4.19. The summed E-state index contributed by atoms with van der Waals surface area (Å²) < 4.78 is 1.87. The van der Waals surface area contributed by atoms with Gasteiger partial charge in [-0.15, -0.1) is 11.3 Å². The zero-order valence-electron chi connectivity index (χ0n) is 12.7. The molecule has 0 aliphatic heterocycles. The molecule has 3 rings (SSSR count). The summed E-state index contributed by atoms with van der Waals surface area (Å²) >= 11 is 1.68. The molecule has 4 nitrogen and oxygen atoms in total. The van der Waals surface area contributed by atoms with Gasteiger partial charge in [-0.3, -0.25) is 9.48 Å². The van der Waals surface area contributed by atoms with Gasteiger partial charge in [0, 0.05) is 17.6 Å². The molecule has 2 heterocycles. The fourth-order valence-electron chi connectivity index (χ4n) is 3.08. The second kappa shape index (κ2) is 4.98. The lowest BCUT2D eigenvalue weighted by atomic mass is 9.93. The van der Waals surface area contributed by atoms with E-state index in [-0.39, 0.29) is 16.7 Å². The van der Waals surface area contributed by atoms with Gasteiger partial charge in [0.25, 0.3) is 0 Å². The number of aryl methyl sites for hydroxylation is 1. The van der Waals surface area contributed by atoms with E-state index in [4.69, 9.17) is 0 Å². The number of nitrogens with zero attached hydrogens (tertiary/aromatic N) is 2. The summed E-state index contributed by atoms with van der Waals surface area (Å²) in [5, 5.41) is 9.38. The Kier molecular flexibility index (Phi) is 3.40. The predicted molar refractivity (Wildman–Crippen MR) is 84.4 cm³/mol. The van der Waals surface area contributed by atoms with Gasteiger partial charge in [0.15, 0.2) is 0 Å². The van der Waals surface area contributed by atoms with Crippen LogP contribution in [0, 0.1) is 12.3 Å². The Balaban J connectivity index is 1.64. The van der Waals surface area contributed by atoms with Crippen LogP contribution in [0.2, 0.25) is 0 Å². The maximum Gasteiger partial charge on any atom is 0.232 e. The van der Waals surface area contributed by atoms with Crippen molar-refractivity contribution in [3.8, 4) is 0 Å². The molecule has 1 fully saturated rings. The minimum atomic E-state index is -0.332. The van der Waals surface area contributed by atoms with Crippen LogP contribution < -0.4 is 5.32 Å². The molecule has 0 saturated heterocycles. The number of thiophene rings is 1. The maximum absolute atomic E-state index is 12.7. The van der Waals surface area contributed by atoms with E-state index < -0.39 is 0 Å². The standard InChI is InChI=1S/C16H21N3OS/c1-12-9-18-19(10-12)7-6-17-14(20)16(11-15(16,2)3)13-5-4-8-21-13/h4-5,8-10H,6-7,11H2,1-3H3,(H,17,20). The Morgan fingerprint density at radius 3 is 2.81 bits per heavy atom. The van der Waals surface area contributed by atoms with Gasteiger partial charge in [-0.25, -0.2) is 0 Å². The van der Waals surface area contributed by atoms with Gasteiger partial charge in [-0.05, 0) is 35.8 Å². The summed E-state index contributed by atoms with van der Waals surface area (Å²) in [5.74, 6) is 0.152. The highest BCUT2D eigenvalue weighted by atomic mass is 32.1. The van der Waals surface area contributed by atoms with E-state index in [2.05, 4.69) is 30.3 Å². The lowest BCUT2D eigenvalue weighted by molar-refractivity contribution is -0.124. The Morgan fingerprint density at radius 1 is 1.52 bits per heavy atom. The molecule has 0 bridgehead atoms. The summed E-state index contributed by atoms with van der Waals surface area (Å²) in [4.78, 5) is 13.9. The van der Waals surface area contributed by atoms with Crippen LogP contribution in [0.5, 0.6) is 0 Å². The monoisotopic (exact) mass is 303 g/mol. The quantitative estimate of drug-likeness (QED) is 0.923. The van der Waals surface area contributed by atoms with Crippen molar-refractivity contribution < 1.29 is 4.79 Å². The maximum atomic E-state index is 12.7. The number of hydrogen-bond acceptors (Lipinski definition) is 3. The van der Waals surface area contributed by atoms with Crippen molar-refractivity contribution in [2.24, 2.45) is 5.41 Å². The zero-order chi connectivity index (χ0) is 15.1. The van der Waals surface area contributed by atoms with Crippen molar-refractivity contribution in [2.75, 3.05) is 6.54 Å². The Hall–Kier alpha value is -1.62. The van der Waals surface area contributed by atoms with Gasteiger partial charge < -0.3 is 5.32 Å². The van der Waals surface area contributed by atoms with Crippen molar-refractivity contribution in [3.63, 3.8) is 0 Å². The van der Waals surface area contributed by atoms with Gasteiger partial charge in [0.1, 0.15) is 0 Å². The highest BCUT2D eigenvalue weighted by Crippen LogP contribution is 2.65. The van der Waals surface area contributed by atoms with Crippen molar-refractivity contribution in [3.05, 3.63) is 40.3 Å². The average molecular weight is 303 g/mol. The molecule has 0 spiro atoms. The van der Waals surface area contributed by atoms with Crippen LogP contribution >= 0.6 is 11.3 Å². The van der Waals surface area contributed by atoms with Crippen LogP contribution in [0.25, 0.3) is 0 Å². The minimum Gasteiger partial charge on any atom is -0.353 e. The van der Waals surface area contributed by atoms with Crippen molar-refractivity contribution in [1.82, 2.24) is 15.1 Å². The molecular weight excluding hydrogens is 282 g/mol. The fraction of sp³-hybridized carbons (Fsp3) is 0.500. The Bertz CT molecular complexity index is 644. The third kappa shape index (κ3) is 2.39. The molecule has 1 saturated carbocycles. The topological polar surface area (TPSA) is 46.9 Å². The van der Waals surface area contributed by atoms with E-state index >= 15 is 0 Å². The summed E-state index contributed by atoms with van der Waals surface area (Å²) in [6.45, 7) is 7.68. The van der Waals surface area contributed by atoms with Gasteiger partial charge in [-0.1, -0.05) is 19.9 Å². The van der Waals surface area contributed by atoms with Crippen molar-refractivity contribution in [2.45, 2.75) is 39.2 Å². The van der Waals surface area contributed by atoms with Crippen LogP contribution in [-0.4, -0.2) is 22.2 Å². The molecule has 5 heteroatoms. The van der Waals surface area contributed by atoms with Gasteiger partial charge in [-0.2, -0.15) is 5.10 Å². The minimum absolute atomic E-state index is 0.0459. The SMILES string of the molecule is Cc1cnn(CCNC(=O)C2(c3cccs3)CC2(C)C)c1. The van der Waals surface area contributed by atoms with E-state index in [1.165, 1.54) is 4.88 Å². The lowest BCUT2D eigenvalue weighted by Crippen LogP contribution is -2.38. The van der Waals surface area contributed by atoms with Crippen LogP contribution in [0.15, 0.2) is 29.9 Å². The van der Waals surface area contributed by atoms with E-state index in [1.807, 2.05) is 35.4 Å². The Labute approximate surface area is 129 Å². The largest absolute Gasteiger partial charge is 0.353 e. The first-order chi connectivity index (χ1) is 9.96. The van der Waals surface area contributed by atoms with Gasteiger partial charge in [0.05, 0.1) is 18.2 Å². The van der Waals surface area contributed by atoms with Gasteiger partial charge in [0.2, 0.25) is 5.91 Å². The number of rotatable bonds is 5. The zero-order valence-corrected chi connectivity index (χ0v) is 13.5. The number of nitrogens with one attached hydrogen (secondary N) is 1. The second-order valence-electron chi connectivity index (χ2n) is 6.48. The third-order valence-corrected chi connectivity index (χ3v) is 5.49. The molecule has 1 N–H and O–H groups in total.